The molecular formula is C12H16ClNO2. The summed E-state index contributed by atoms with van der Waals surface area (Å²) in [5, 5.41) is -0.0877. The van der Waals surface area contributed by atoms with E-state index in [-0.39, 0.29) is 5.38 Å². The van der Waals surface area contributed by atoms with Crippen LogP contribution in [0, 0.1) is 6.92 Å². The third-order valence-corrected chi connectivity index (χ3v) is 2.92. The summed E-state index contributed by atoms with van der Waals surface area (Å²) in [6.07, 6.45) is 1.80. The Balaban J connectivity index is 2.52. The molecule has 0 aromatic carbocycles. The Kier molecular flexibility index (Phi) is 2.84. The molecule has 0 spiro atoms. The first-order chi connectivity index (χ1) is 7.41. The summed E-state index contributed by atoms with van der Waals surface area (Å²) >= 11 is 6.11. The zero-order chi connectivity index (χ0) is 11.9. The molecule has 0 saturated carbocycles. The van der Waals surface area contributed by atoms with Gasteiger partial charge >= 0.3 is 0 Å². The molecule has 1 unspecified atom stereocenters. The van der Waals surface area contributed by atoms with Crippen LogP contribution in [0.5, 0.6) is 5.75 Å². The first-order valence-corrected chi connectivity index (χ1v) is 5.80. The van der Waals surface area contributed by atoms with Crippen molar-refractivity contribution in [1.29, 1.82) is 0 Å². The average Bonchev–Trinajstić information content (AvgIpc) is 2.18. The van der Waals surface area contributed by atoms with Gasteiger partial charge in [-0.15, -0.1) is 11.6 Å². The number of aromatic nitrogens is 1. The summed E-state index contributed by atoms with van der Waals surface area (Å²) in [4.78, 5) is 4.31. The highest BCUT2D eigenvalue weighted by Crippen LogP contribution is 2.38. The molecule has 0 fully saturated rings. The number of aryl methyl sites for hydroxylation is 1. The van der Waals surface area contributed by atoms with Gasteiger partial charge in [-0.1, -0.05) is 0 Å². The molecule has 2 heterocycles. The number of hydrogen-bond acceptors (Lipinski definition) is 3. The molecular weight excluding hydrogens is 226 g/mol. The topological polar surface area (TPSA) is 31.4 Å². The maximum atomic E-state index is 6.11. The van der Waals surface area contributed by atoms with Crippen LogP contribution in [-0.2, 0) is 11.3 Å². The maximum absolute atomic E-state index is 6.11. The monoisotopic (exact) mass is 241 g/mol. The highest BCUT2D eigenvalue weighted by Gasteiger charge is 2.31. The van der Waals surface area contributed by atoms with E-state index in [0.717, 1.165) is 22.6 Å². The smallest absolute Gasteiger partial charge is 0.205 e. The van der Waals surface area contributed by atoms with Gasteiger partial charge in [-0.25, -0.2) is 0 Å². The fourth-order valence-corrected chi connectivity index (χ4v) is 1.99. The first kappa shape index (κ1) is 11.7. The Hall–Kier alpha value is -0.800. The van der Waals surface area contributed by atoms with Crippen molar-refractivity contribution in [1.82, 2.24) is 4.98 Å². The molecule has 1 aromatic rings. The lowest BCUT2D eigenvalue weighted by atomic mass is 10.0. The van der Waals surface area contributed by atoms with Gasteiger partial charge < -0.3 is 9.47 Å². The lowest BCUT2D eigenvalue weighted by molar-refractivity contribution is -0.180. The van der Waals surface area contributed by atoms with E-state index in [1.165, 1.54) is 0 Å². The molecule has 0 bridgehead atoms. The van der Waals surface area contributed by atoms with Gasteiger partial charge in [-0.05, 0) is 19.4 Å². The van der Waals surface area contributed by atoms with Crippen molar-refractivity contribution in [3.05, 3.63) is 23.0 Å². The van der Waals surface area contributed by atoms with Crippen LogP contribution >= 0.6 is 11.6 Å². The van der Waals surface area contributed by atoms with Crippen molar-refractivity contribution in [3.8, 4) is 5.75 Å². The van der Waals surface area contributed by atoms with E-state index in [1.54, 1.807) is 6.20 Å². The Morgan fingerprint density at radius 2 is 2.19 bits per heavy atom. The highest BCUT2D eigenvalue weighted by molar-refractivity contribution is 6.20. The van der Waals surface area contributed by atoms with Crippen molar-refractivity contribution >= 4 is 11.6 Å². The van der Waals surface area contributed by atoms with E-state index in [1.807, 2.05) is 27.7 Å². The molecule has 0 radical (unpaired) electrons. The molecule has 0 amide bonds. The number of fused-ring (bicyclic) bond motifs is 1. The Morgan fingerprint density at radius 1 is 1.50 bits per heavy atom. The SMILES string of the molecule is Cc1ncc(C(C)Cl)c2c1OC(C)(C)OC2. The van der Waals surface area contributed by atoms with Gasteiger partial charge in [0.2, 0.25) is 5.79 Å². The van der Waals surface area contributed by atoms with Crippen molar-refractivity contribution in [2.24, 2.45) is 0 Å². The minimum atomic E-state index is -0.590. The molecule has 1 atom stereocenters. The van der Waals surface area contributed by atoms with E-state index in [0.29, 0.717) is 6.61 Å². The second-order valence-corrected chi connectivity index (χ2v) is 5.17. The number of pyridine rings is 1. The lowest BCUT2D eigenvalue weighted by Gasteiger charge is -2.34. The van der Waals surface area contributed by atoms with E-state index >= 15 is 0 Å². The predicted molar refractivity (Wildman–Crippen MR) is 62.7 cm³/mol. The van der Waals surface area contributed by atoms with Crippen LogP contribution < -0.4 is 4.74 Å². The quantitative estimate of drug-likeness (QED) is 0.707. The highest BCUT2D eigenvalue weighted by atomic mass is 35.5. The molecule has 3 nitrogen and oxygen atoms in total. The standard InChI is InChI=1S/C12H16ClNO2/c1-7(13)9-5-14-8(2)11-10(9)6-15-12(3,4)16-11/h5,7H,6H2,1-4H3. The third kappa shape index (κ3) is 2.02. The zero-order valence-corrected chi connectivity index (χ0v) is 10.8. The molecule has 0 N–H and O–H groups in total. The van der Waals surface area contributed by atoms with Gasteiger partial charge in [0.1, 0.15) is 5.75 Å². The largest absolute Gasteiger partial charge is 0.461 e. The Labute approximate surface area is 101 Å². The molecule has 1 aromatic heterocycles. The Morgan fingerprint density at radius 3 is 2.81 bits per heavy atom. The molecule has 4 heteroatoms. The fraction of sp³-hybridized carbons (Fsp3) is 0.583. The van der Waals surface area contributed by atoms with Gasteiger partial charge in [0, 0.05) is 25.6 Å². The summed E-state index contributed by atoms with van der Waals surface area (Å²) in [7, 11) is 0. The summed E-state index contributed by atoms with van der Waals surface area (Å²) in [5.41, 5.74) is 2.89. The van der Waals surface area contributed by atoms with Crippen LogP contribution in [0.4, 0.5) is 0 Å². The van der Waals surface area contributed by atoms with E-state index in [9.17, 15) is 0 Å². The molecule has 16 heavy (non-hydrogen) atoms. The number of alkyl halides is 1. The maximum Gasteiger partial charge on any atom is 0.205 e. The first-order valence-electron chi connectivity index (χ1n) is 5.36. The van der Waals surface area contributed by atoms with E-state index in [2.05, 4.69) is 4.98 Å². The van der Waals surface area contributed by atoms with Crippen molar-refractivity contribution in [2.45, 2.75) is 45.5 Å². The molecule has 1 aliphatic rings. The summed E-state index contributed by atoms with van der Waals surface area (Å²) in [6, 6.07) is 0. The minimum absolute atomic E-state index is 0.0877. The number of ether oxygens (including phenoxy) is 2. The van der Waals surface area contributed by atoms with E-state index < -0.39 is 5.79 Å². The molecule has 88 valence electrons. The van der Waals surface area contributed by atoms with Gasteiger partial charge in [0.05, 0.1) is 17.7 Å². The normalized spacial score (nSPS) is 19.8. The number of rotatable bonds is 1. The zero-order valence-electron chi connectivity index (χ0n) is 10.0. The number of nitrogens with zero attached hydrogens (tertiary/aromatic N) is 1. The van der Waals surface area contributed by atoms with Gasteiger partial charge in [-0.3, -0.25) is 4.98 Å². The van der Waals surface area contributed by atoms with Crippen LogP contribution in [0.3, 0.4) is 0 Å². The number of hydrogen-bond donors (Lipinski definition) is 0. The van der Waals surface area contributed by atoms with Crippen LogP contribution in [0.25, 0.3) is 0 Å². The van der Waals surface area contributed by atoms with Gasteiger partial charge in [0.15, 0.2) is 0 Å². The molecule has 0 aliphatic carbocycles. The van der Waals surface area contributed by atoms with Crippen LogP contribution in [-0.4, -0.2) is 10.8 Å². The lowest BCUT2D eigenvalue weighted by Crippen LogP contribution is -2.36. The second-order valence-electron chi connectivity index (χ2n) is 4.51. The van der Waals surface area contributed by atoms with Crippen LogP contribution in [0.1, 0.15) is 43.0 Å². The summed E-state index contributed by atoms with van der Waals surface area (Å²) in [5.74, 6) is 0.231. The number of halogens is 1. The Bertz CT molecular complexity index is 416. The van der Waals surface area contributed by atoms with Crippen molar-refractivity contribution in [2.75, 3.05) is 0 Å². The predicted octanol–water partition coefficient (Wildman–Crippen LogP) is 3.33. The van der Waals surface area contributed by atoms with Crippen LogP contribution in [0.15, 0.2) is 6.20 Å². The minimum Gasteiger partial charge on any atom is -0.461 e. The van der Waals surface area contributed by atoms with E-state index in [4.69, 9.17) is 21.1 Å². The molecule has 1 aliphatic heterocycles. The van der Waals surface area contributed by atoms with Gasteiger partial charge in [0.25, 0.3) is 0 Å². The fourth-order valence-electron chi connectivity index (χ4n) is 1.80. The third-order valence-electron chi connectivity index (χ3n) is 2.69. The van der Waals surface area contributed by atoms with Crippen molar-refractivity contribution < 1.29 is 9.47 Å². The summed E-state index contributed by atoms with van der Waals surface area (Å²) < 4.78 is 11.4. The average molecular weight is 242 g/mol. The molecule has 0 saturated heterocycles. The second kappa shape index (κ2) is 3.90. The molecule has 2 rings (SSSR count). The van der Waals surface area contributed by atoms with Gasteiger partial charge in [-0.2, -0.15) is 0 Å². The van der Waals surface area contributed by atoms with Crippen LogP contribution in [0.2, 0.25) is 0 Å². The van der Waals surface area contributed by atoms with Crippen molar-refractivity contribution in [3.63, 3.8) is 0 Å². The summed E-state index contributed by atoms with van der Waals surface area (Å²) in [6.45, 7) is 8.17.